The highest BCUT2D eigenvalue weighted by Crippen LogP contribution is 2.36. The van der Waals surface area contributed by atoms with Crippen molar-refractivity contribution >= 4 is 5.96 Å². The third kappa shape index (κ3) is 3.83. The van der Waals surface area contributed by atoms with E-state index >= 15 is 0 Å². The van der Waals surface area contributed by atoms with Crippen molar-refractivity contribution in [3.05, 3.63) is 65.2 Å². The molecule has 0 amide bonds. The highest BCUT2D eigenvalue weighted by Gasteiger charge is 2.36. The maximum Gasteiger partial charge on any atom is 0.193 e. The molecular weight excluding hydrogens is 326 g/mol. The number of methoxy groups -OCH3 is 1. The Labute approximate surface area is 155 Å². The first-order valence-electron chi connectivity index (χ1n) is 8.91. The number of guanidine groups is 1. The molecule has 0 aliphatic heterocycles. The van der Waals surface area contributed by atoms with E-state index < -0.39 is 5.60 Å². The van der Waals surface area contributed by atoms with Crippen molar-refractivity contribution < 1.29 is 9.84 Å². The fourth-order valence-electron chi connectivity index (χ4n) is 3.54. The molecule has 3 rings (SSSR count). The second-order valence-corrected chi connectivity index (χ2v) is 6.79. The van der Waals surface area contributed by atoms with Crippen molar-refractivity contribution in [2.75, 3.05) is 27.7 Å². The van der Waals surface area contributed by atoms with Gasteiger partial charge in [0.25, 0.3) is 0 Å². The molecule has 0 heterocycles. The number of aliphatic hydroxyl groups is 1. The van der Waals surface area contributed by atoms with Gasteiger partial charge in [-0.05, 0) is 41.7 Å². The predicted molar refractivity (Wildman–Crippen MR) is 104 cm³/mol. The third-order valence-corrected chi connectivity index (χ3v) is 5.02. The maximum absolute atomic E-state index is 11.1. The number of ether oxygens (including phenoxy) is 1. The van der Waals surface area contributed by atoms with E-state index in [9.17, 15) is 5.11 Å². The Morgan fingerprint density at radius 3 is 2.65 bits per heavy atom. The fourth-order valence-corrected chi connectivity index (χ4v) is 3.54. The maximum atomic E-state index is 11.1. The molecule has 1 unspecified atom stereocenters. The van der Waals surface area contributed by atoms with E-state index in [-0.39, 0.29) is 0 Å². The average Bonchev–Trinajstić information content (AvgIpc) is 3.00. The zero-order valence-corrected chi connectivity index (χ0v) is 15.7. The van der Waals surface area contributed by atoms with Gasteiger partial charge in [-0.2, -0.15) is 0 Å². The number of benzene rings is 2. The molecule has 5 heteroatoms. The Kier molecular flexibility index (Phi) is 5.47. The largest absolute Gasteiger partial charge is 0.497 e. The zero-order valence-electron chi connectivity index (χ0n) is 15.7. The molecule has 0 fully saturated rings. The van der Waals surface area contributed by atoms with Crippen LogP contribution < -0.4 is 10.1 Å². The van der Waals surface area contributed by atoms with Crippen LogP contribution >= 0.6 is 0 Å². The van der Waals surface area contributed by atoms with E-state index in [2.05, 4.69) is 16.4 Å². The lowest BCUT2D eigenvalue weighted by atomic mass is 9.96. The minimum Gasteiger partial charge on any atom is -0.497 e. The van der Waals surface area contributed by atoms with E-state index in [1.54, 1.807) is 14.2 Å². The normalized spacial score (nSPS) is 19.2. The van der Waals surface area contributed by atoms with Crippen molar-refractivity contribution in [3.8, 4) is 5.75 Å². The molecular formula is C21H27N3O2. The Morgan fingerprint density at radius 1 is 1.23 bits per heavy atom. The Balaban J connectivity index is 1.62. The van der Waals surface area contributed by atoms with Crippen LogP contribution in [0.2, 0.25) is 0 Å². The van der Waals surface area contributed by atoms with Crippen LogP contribution in [-0.2, 0) is 18.6 Å². The number of hydrogen-bond acceptors (Lipinski definition) is 3. The van der Waals surface area contributed by atoms with Crippen LogP contribution in [0.3, 0.4) is 0 Å². The van der Waals surface area contributed by atoms with E-state index in [4.69, 9.17) is 4.74 Å². The molecule has 2 N–H and O–H groups in total. The summed E-state index contributed by atoms with van der Waals surface area (Å²) in [5.41, 5.74) is 2.59. The molecule has 1 aliphatic carbocycles. The minimum atomic E-state index is -0.840. The van der Waals surface area contributed by atoms with Crippen LogP contribution in [0.4, 0.5) is 0 Å². The van der Waals surface area contributed by atoms with Crippen molar-refractivity contribution in [2.24, 2.45) is 4.99 Å². The highest BCUT2D eigenvalue weighted by atomic mass is 16.5. The molecule has 0 radical (unpaired) electrons. The summed E-state index contributed by atoms with van der Waals surface area (Å²) in [5.74, 6) is 1.61. The van der Waals surface area contributed by atoms with Crippen molar-refractivity contribution in [1.82, 2.24) is 10.2 Å². The molecule has 2 aromatic rings. The van der Waals surface area contributed by atoms with Crippen LogP contribution in [0, 0.1) is 0 Å². The van der Waals surface area contributed by atoms with Gasteiger partial charge in [0.1, 0.15) is 11.4 Å². The van der Waals surface area contributed by atoms with Gasteiger partial charge in [0.15, 0.2) is 5.96 Å². The number of rotatable bonds is 5. The van der Waals surface area contributed by atoms with Crippen LogP contribution in [0.5, 0.6) is 5.75 Å². The summed E-state index contributed by atoms with van der Waals surface area (Å²) in [7, 11) is 5.42. The number of aryl methyl sites for hydroxylation is 1. The van der Waals surface area contributed by atoms with E-state index in [1.165, 1.54) is 11.1 Å². The van der Waals surface area contributed by atoms with Crippen molar-refractivity contribution in [1.29, 1.82) is 0 Å². The molecule has 0 aromatic heterocycles. The molecule has 2 aromatic carbocycles. The smallest absolute Gasteiger partial charge is 0.193 e. The average molecular weight is 353 g/mol. The monoisotopic (exact) mass is 353 g/mol. The molecule has 0 saturated carbocycles. The molecule has 0 bridgehead atoms. The summed E-state index contributed by atoms with van der Waals surface area (Å²) < 4.78 is 5.20. The lowest BCUT2D eigenvalue weighted by Gasteiger charge is -2.28. The lowest BCUT2D eigenvalue weighted by Crippen LogP contribution is -2.45. The highest BCUT2D eigenvalue weighted by molar-refractivity contribution is 5.79. The van der Waals surface area contributed by atoms with Gasteiger partial charge in [-0.1, -0.05) is 36.4 Å². The molecule has 26 heavy (non-hydrogen) atoms. The van der Waals surface area contributed by atoms with Gasteiger partial charge < -0.3 is 20.1 Å². The molecule has 5 nitrogen and oxygen atoms in total. The van der Waals surface area contributed by atoms with Gasteiger partial charge in [-0.25, -0.2) is 0 Å². The molecule has 0 saturated heterocycles. The van der Waals surface area contributed by atoms with Gasteiger partial charge >= 0.3 is 0 Å². The first kappa shape index (κ1) is 18.3. The topological polar surface area (TPSA) is 57.1 Å². The number of hydrogen-bond donors (Lipinski definition) is 2. The SMILES string of the molecule is CN=C(NCC1(O)CCc2ccccc21)N(C)Cc1ccc(OC)cc1. The Hall–Kier alpha value is -2.53. The Morgan fingerprint density at radius 2 is 1.96 bits per heavy atom. The van der Waals surface area contributed by atoms with Crippen molar-refractivity contribution in [3.63, 3.8) is 0 Å². The summed E-state index contributed by atoms with van der Waals surface area (Å²) in [6.45, 7) is 1.17. The number of fused-ring (bicyclic) bond motifs is 1. The fraction of sp³-hybridized carbons (Fsp3) is 0.381. The van der Waals surface area contributed by atoms with Gasteiger partial charge in [0, 0.05) is 20.6 Å². The number of nitrogens with one attached hydrogen (secondary N) is 1. The molecule has 0 spiro atoms. The van der Waals surface area contributed by atoms with Crippen LogP contribution in [0.15, 0.2) is 53.5 Å². The summed E-state index contributed by atoms with van der Waals surface area (Å²) in [5, 5.41) is 14.4. The minimum absolute atomic E-state index is 0.448. The number of aliphatic imine (C=N–C) groups is 1. The van der Waals surface area contributed by atoms with Crippen LogP contribution in [-0.4, -0.2) is 43.7 Å². The van der Waals surface area contributed by atoms with E-state index in [1.807, 2.05) is 54.4 Å². The molecule has 1 atom stereocenters. The summed E-state index contributed by atoms with van der Waals surface area (Å²) in [6.07, 6.45) is 1.65. The number of nitrogens with zero attached hydrogens (tertiary/aromatic N) is 2. The molecule has 138 valence electrons. The lowest BCUT2D eigenvalue weighted by molar-refractivity contribution is 0.0427. The third-order valence-electron chi connectivity index (χ3n) is 5.02. The van der Waals surface area contributed by atoms with E-state index in [0.29, 0.717) is 6.54 Å². The molecule has 1 aliphatic rings. The second kappa shape index (κ2) is 7.79. The first-order valence-corrected chi connectivity index (χ1v) is 8.91. The summed E-state index contributed by atoms with van der Waals surface area (Å²) >= 11 is 0. The summed E-state index contributed by atoms with van der Waals surface area (Å²) in [4.78, 5) is 6.41. The van der Waals surface area contributed by atoms with Crippen molar-refractivity contribution in [2.45, 2.75) is 25.0 Å². The van der Waals surface area contributed by atoms with Crippen LogP contribution in [0.1, 0.15) is 23.1 Å². The Bertz CT molecular complexity index is 773. The predicted octanol–water partition coefficient (Wildman–Crippen LogP) is 2.54. The quantitative estimate of drug-likeness (QED) is 0.641. The van der Waals surface area contributed by atoms with Crippen LogP contribution in [0.25, 0.3) is 0 Å². The van der Waals surface area contributed by atoms with Gasteiger partial charge in [0.05, 0.1) is 13.7 Å². The van der Waals surface area contributed by atoms with Gasteiger partial charge in [-0.15, -0.1) is 0 Å². The van der Waals surface area contributed by atoms with E-state index in [0.717, 1.165) is 36.7 Å². The standard InChI is InChI=1S/C21H27N3O2/c1-22-20(24(2)14-16-8-10-18(26-3)11-9-16)23-15-21(25)13-12-17-6-4-5-7-19(17)21/h4-11,25H,12-15H2,1-3H3,(H,22,23). The zero-order chi connectivity index (χ0) is 18.6. The van der Waals surface area contributed by atoms with Gasteiger partial charge in [-0.3, -0.25) is 4.99 Å². The summed E-state index contributed by atoms with van der Waals surface area (Å²) in [6, 6.07) is 16.1. The second-order valence-electron chi connectivity index (χ2n) is 6.79. The first-order chi connectivity index (χ1) is 12.6. The van der Waals surface area contributed by atoms with Gasteiger partial charge in [0.2, 0.25) is 0 Å².